The molecule has 4 heteroatoms. The van der Waals surface area contributed by atoms with Gasteiger partial charge in [0.2, 0.25) is 0 Å². The fourth-order valence-electron chi connectivity index (χ4n) is 1.78. The first-order chi connectivity index (χ1) is 8.33. The number of benzene rings is 1. The van der Waals surface area contributed by atoms with Crippen LogP contribution in [0.5, 0.6) is 0 Å². The van der Waals surface area contributed by atoms with E-state index in [1.54, 1.807) is 0 Å². The fourth-order valence-corrected chi connectivity index (χ4v) is 1.78. The van der Waals surface area contributed by atoms with E-state index in [9.17, 15) is 4.79 Å². The molecule has 1 heterocycles. The SMILES string of the molecule is Cc1cc2cc(NC(=O)OC(C)(C)C)ccc2[nH]1. The number of hydrogen-bond acceptors (Lipinski definition) is 2. The first kappa shape index (κ1) is 12.5. The van der Waals surface area contributed by atoms with Crippen molar-refractivity contribution in [1.82, 2.24) is 4.98 Å². The van der Waals surface area contributed by atoms with Crippen LogP contribution in [0.3, 0.4) is 0 Å². The van der Waals surface area contributed by atoms with Crippen LogP contribution in [0.25, 0.3) is 10.9 Å². The van der Waals surface area contributed by atoms with Gasteiger partial charge in [0, 0.05) is 22.3 Å². The summed E-state index contributed by atoms with van der Waals surface area (Å²) in [6.45, 7) is 7.52. The van der Waals surface area contributed by atoms with E-state index < -0.39 is 11.7 Å². The zero-order valence-corrected chi connectivity index (χ0v) is 11.1. The molecule has 96 valence electrons. The normalized spacial score (nSPS) is 11.6. The van der Waals surface area contributed by atoms with E-state index in [-0.39, 0.29) is 0 Å². The number of hydrogen-bond donors (Lipinski definition) is 2. The van der Waals surface area contributed by atoms with Crippen molar-refractivity contribution in [2.24, 2.45) is 0 Å². The molecule has 4 nitrogen and oxygen atoms in total. The Morgan fingerprint density at radius 2 is 2.00 bits per heavy atom. The van der Waals surface area contributed by atoms with Gasteiger partial charge < -0.3 is 9.72 Å². The van der Waals surface area contributed by atoms with Crippen molar-refractivity contribution in [2.75, 3.05) is 5.32 Å². The zero-order valence-electron chi connectivity index (χ0n) is 11.1. The van der Waals surface area contributed by atoms with Gasteiger partial charge in [-0.2, -0.15) is 0 Å². The summed E-state index contributed by atoms with van der Waals surface area (Å²) in [4.78, 5) is 14.9. The highest BCUT2D eigenvalue weighted by atomic mass is 16.6. The van der Waals surface area contributed by atoms with E-state index in [0.717, 1.165) is 22.3 Å². The zero-order chi connectivity index (χ0) is 13.3. The van der Waals surface area contributed by atoms with Gasteiger partial charge in [-0.25, -0.2) is 4.79 Å². The predicted molar refractivity (Wildman–Crippen MR) is 72.9 cm³/mol. The first-order valence-corrected chi connectivity index (χ1v) is 5.93. The van der Waals surface area contributed by atoms with Gasteiger partial charge in [0.25, 0.3) is 0 Å². The Hall–Kier alpha value is -1.97. The van der Waals surface area contributed by atoms with Crippen molar-refractivity contribution >= 4 is 22.7 Å². The molecule has 0 fully saturated rings. The number of nitrogens with one attached hydrogen (secondary N) is 2. The summed E-state index contributed by atoms with van der Waals surface area (Å²) < 4.78 is 5.20. The van der Waals surface area contributed by atoms with E-state index in [1.807, 2.05) is 52.0 Å². The first-order valence-electron chi connectivity index (χ1n) is 5.93. The summed E-state index contributed by atoms with van der Waals surface area (Å²) in [6, 6.07) is 7.75. The average molecular weight is 246 g/mol. The third kappa shape index (κ3) is 3.03. The fraction of sp³-hybridized carbons (Fsp3) is 0.357. The highest BCUT2D eigenvalue weighted by Gasteiger charge is 2.16. The molecule has 0 unspecified atom stereocenters. The molecule has 0 saturated carbocycles. The van der Waals surface area contributed by atoms with Gasteiger partial charge in [-0.15, -0.1) is 0 Å². The quantitative estimate of drug-likeness (QED) is 0.803. The summed E-state index contributed by atoms with van der Waals surface area (Å²) in [6.07, 6.45) is -0.436. The smallest absolute Gasteiger partial charge is 0.412 e. The van der Waals surface area contributed by atoms with Crippen molar-refractivity contribution in [3.05, 3.63) is 30.0 Å². The molecule has 0 radical (unpaired) electrons. The third-order valence-electron chi connectivity index (χ3n) is 2.40. The molecule has 1 aromatic heterocycles. The number of H-pyrrole nitrogens is 1. The van der Waals surface area contributed by atoms with Crippen molar-refractivity contribution in [1.29, 1.82) is 0 Å². The Morgan fingerprint density at radius 1 is 1.28 bits per heavy atom. The average Bonchev–Trinajstić information content (AvgIpc) is 2.53. The van der Waals surface area contributed by atoms with Crippen LogP contribution >= 0.6 is 0 Å². The number of rotatable bonds is 1. The van der Waals surface area contributed by atoms with Crippen molar-refractivity contribution in [3.63, 3.8) is 0 Å². The van der Waals surface area contributed by atoms with Crippen LogP contribution < -0.4 is 5.32 Å². The summed E-state index contributed by atoms with van der Waals surface area (Å²) in [7, 11) is 0. The molecule has 2 aromatic rings. The number of ether oxygens (including phenoxy) is 1. The molecule has 18 heavy (non-hydrogen) atoms. The molecule has 0 aliphatic heterocycles. The molecule has 1 amide bonds. The maximum absolute atomic E-state index is 11.6. The summed E-state index contributed by atoms with van der Waals surface area (Å²) in [5, 5.41) is 3.80. The van der Waals surface area contributed by atoms with Gasteiger partial charge in [0.1, 0.15) is 5.60 Å². The number of amides is 1. The van der Waals surface area contributed by atoms with Crippen molar-refractivity contribution in [2.45, 2.75) is 33.3 Å². The number of carbonyl (C=O) groups excluding carboxylic acids is 1. The third-order valence-corrected chi connectivity index (χ3v) is 2.40. The maximum Gasteiger partial charge on any atom is 0.412 e. The molecular weight excluding hydrogens is 228 g/mol. The van der Waals surface area contributed by atoms with Crippen LogP contribution in [-0.4, -0.2) is 16.7 Å². The molecule has 1 aromatic carbocycles. The van der Waals surface area contributed by atoms with Gasteiger partial charge >= 0.3 is 6.09 Å². The lowest BCUT2D eigenvalue weighted by atomic mass is 10.2. The molecule has 2 rings (SSSR count). The van der Waals surface area contributed by atoms with Crippen LogP contribution in [0.4, 0.5) is 10.5 Å². The van der Waals surface area contributed by atoms with E-state index in [2.05, 4.69) is 10.3 Å². The molecule has 2 N–H and O–H groups in total. The Kier molecular flexibility index (Phi) is 3.03. The largest absolute Gasteiger partial charge is 0.444 e. The van der Waals surface area contributed by atoms with Crippen LogP contribution in [0.2, 0.25) is 0 Å². The van der Waals surface area contributed by atoms with Gasteiger partial charge in [-0.05, 0) is 52.0 Å². The Labute approximate surface area is 106 Å². The van der Waals surface area contributed by atoms with Crippen LogP contribution in [0.1, 0.15) is 26.5 Å². The molecular formula is C14H18N2O2. The van der Waals surface area contributed by atoms with E-state index in [0.29, 0.717) is 0 Å². The lowest BCUT2D eigenvalue weighted by Crippen LogP contribution is -2.27. The number of fused-ring (bicyclic) bond motifs is 1. The van der Waals surface area contributed by atoms with Gasteiger partial charge in [-0.1, -0.05) is 0 Å². The van der Waals surface area contributed by atoms with Crippen LogP contribution in [0.15, 0.2) is 24.3 Å². The Morgan fingerprint density at radius 3 is 2.67 bits per heavy atom. The topological polar surface area (TPSA) is 54.1 Å². The molecule has 0 spiro atoms. The summed E-state index contributed by atoms with van der Waals surface area (Å²) >= 11 is 0. The van der Waals surface area contributed by atoms with E-state index in [1.165, 1.54) is 0 Å². The lowest BCUT2D eigenvalue weighted by Gasteiger charge is -2.19. The van der Waals surface area contributed by atoms with E-state index in [4.69, 9.17) is 4.74 Å². The minimum Gasteiger partial charge on any atom is -0.444 e. The maximum atomic E-state index is 11.6. The van der Waals surface area contributed by atoms with Crippen molar-refractivity contribution < 1.29 is 9.53 Å². The number of aromatic amines is 1. The summed E-state index contributed by atoms with van der Waals surface area (Å²) in [5.41, 5.74) is 2.40. The number of carbonyl (C=O) groups is 1. The number of aryl methyl sites for hydroxylation is 1. The number of anilines is 1. The minimum atomic E-state index is -0.487. The van der Waals surface area contributed by atoms with Gasteiger partial charge in [0.15, 0.2) is 0 Å². The highest BCUT2D eigenvalue weighted by molar-refractivity contribution is 5.90. The Balaban J connectivity index is 2.14. The van der Waals surface area contributed by atoms with Crippen molar-refractivity contribution in [3.8, 4) is 0 Å². The van der Waals surface area contributed by atoms with Gasteiger partial charge in [0.05, 0.1) is 0 Å². The predicted octanol–water partition coefficient (Wildman–Crippen LogP) is 3.82. The van der Waals surface area contributed by atoms with Crippen LogP contribution in [0, 0.1) is 6.92 Å². The lowest BCUT2D eigenvalue weighted by molar-refractivity contribution is 0.0636. The molecule has 0 saturated heterocycles. The summed E-state index contributed by atoms with van der Waals surface area (Å²) in [5.74, 6) is 0. The van der Waals surface area contributed by atoms with Crippen LogP contribution in [-0.2, 0) is 4.74 Å². The monoisotopic (exact) mass is 246 g/mol. The minimum absolute atomic E-state index is 0.436. The Bertz CT molecular complexity index is 579. The molecule has 0 aliphatic carbocycles. The second kappa shape index (κ2) is 4.37. The highest BCUT2D eigenvalue weighted by Crippen LogP contribution is 2.20. The standard InChI is InChI=1S/C14H18N2O2/c1-9-7-10-8-11(5-6-12(10)15-9)16-13(17)18-14(2,3)4/h5-8,15H,1-4H3,(H,16,17). The second-order valence-corrected chi connectivity index (χ2v) is 5.38. The molecule has 0 atom stereocenters. The van der Waals surface area contributed by atoms with E-state index >= 15 is 0 Å². The van der Waals surface area contributed by atoms with Gasteiger partial charge in [-0.3, -0.25) is 5.32 Å². The molecule has 0 aliphatic rings. The number of aromatic nitrogens is 1. The second-order valence-electron chi connectivity index (χ2n) is 5.38. The molecule has 0 bridgehead atoms.